The van der Waals surface area contributed by atoms with E-state index in [0.717, 1.165) is 49.8 Å². The van der Waals surface area contributed by atoms with Gasteiger partial charge in [-0.25, -0.2) is 4.68 Å². The zero-order valence-electron chi connectivity index (χ0n) is 18.6. The van der Waals surface area contributed by atoms with Crippen molar-refractivity contribution in [3.63, 3.8) is 0 Å². The molecule has 2 aliphatic rings. The Kier molecular flexibility index (Phi) is 6.41. The van der Waals surface area contributed by atoms with Crippen LogP contribution in [0, 0.1) is 12.8 Å². The van der Waals surface area contributed by atoms with E-state index >= 15 is 0 Å². The summed E-state index contributed by atoms with van der Waals surface area (Å²) in [4.78, 5) is 29.2. The summed E-state index contributed by atoms with van der Waals surface area (Å²) in [7, 11) is 1.65. The molecule has 31 heavy (non-hydrogen) atoms. The molecule has 4 rings (SSSR count). The number of hydrogen-bond acceptors (Lipinski definition) is 7. The monoisotopic (exact) mass is 428 g/mol. The first kappa shape index (κ1) is 21.5. The van der Waals surface area contributed by atoms with Gasteiger partial charge in [-0.05, 0) is 57.7 Å². The zero-order valence-corrected chi connectivity index (χ0v) is 18.6. The molecule has 0 saturated carbocycles. The summed E-state index contributed by atoms with van der Waals surface area (Å²) in [6, 6.07) is 3.25. The Hall–Kier alpha value is -2.68. The Morgan fingerprint density at radius 1 is 1.23 bits per heavy atom. The summed E-state index contributed by atoms with van der Waals surface area (Å²) >= 11 is 0. The number of aryl methyl sites for hydroxylation is 2. The number of carbonyl (C=O) groups excluding carboxylic acids is 1. The molecular formula is C22H32N6O3. The molecule has 9 nitrogen and oxygen atoms in total. The van der Waals surface area contributed by atoms with Crippen LogP contribution in [0.4, 0.5) is 5.82 Å². The first-order valence-corrected chi connectivity index (χ1v) is 11.2. The molecule has 2 aliphatic heterocycles. The van der Waals surface area contributed by atoms with Crippen molar-refractivity contribution in [2.45, 2.75) is 52.1 Å². The maximum absolute atomic E-state index is 13.1. The zero-order chi connectivity index (χ0) is 22.0. The molecule has 2 aromatic heterocycles. The van der Waals surface area contributed by atoms with Crippen LogP contribution in [0.15, 0.2) is 21.5 Å². The number of amides is 1. The molecule has 1 N–H and O–H groups in total. The van der Waals surface area contributed by atoms with E-state index < -0.39 is 0 Å². The summed E-state index contributed by atoms with van der Waals surface area (Å²) in [5.74, 6) is 2.04. The van der Waals surface area contributed by atoms with Crippen molar-refractivity contribution in [3.8, 4) is 0 Å². The molecular weight excluding hydrogens is 396 g/mol. The smallest absolute Gasteiger partial charge is 0.274 e. The average Bonchev–Trinajstić information content (AvgIpc) is 3.12. The molecule has 1 atom stereocenters. The number of rotatable bonds is 5. The number of nitrogens with zero attached hydrogens (tertiary/aromatic N) is 5. The van der Waals surface area contributed by atoms with E-state index in [1.165, 1.54) is 23.6 Å². The number of likely N-dealkylation sites (tertiary alicyclic amines) is 1. The normalized spacial score (nSPS) is 20.7. The van der Waals surface area contributed by atoms with Crippen LogP contribution in [0.3, 0.4) is 0 Å². The molecule has 4 heterocycles. The van der Waals surface area contributed by atoms with Gasteiger partial charge in [0.1, 0.15) is 11.6 Å². The highest BCUT2D eigenvalue weighted by molar-refractivity contribution is 5.94. The summed E-state index contributed by atoms with van der Waals surface area (Å²) in [5.41, 5.74) is 1.15. The average molecular weight is 429 g/mol. The van der Waals surface area contributed by atoms with Crippen molar-refractivity contribution in [1.29, 1.82) is 0 Å². The van der Waals surface area contributed by atoms with Crippen molar-refractivity contribution in [1.82, 2.24) is 25.2 Å². The van der Waals surface area contributed by atoms with Gasteiger partial charge < -0.3 is 14.7 Å². The summed E-state index contributed by atoms with van der Waals surface area (Å²) < 4.78 is 6.73. The fourth-order valence-electron chi connectivity index (χ4n) is 4.41. The van der Waals surface area contributed by atoms with Gasteiger partial charge in [-0.15, -0.1) is 0 Å². The highest BCUT2D eigenvalue weighted by Crippen LogP contribution is 2.22. The molecule has 0 bridgehead atoms. The van der Waals surface area contributed by atoms with E-state index in [9.17, 15) is 9.59 Å². The fourth-order valence-corrected chi connectivity index (χ4v) is 4.41. The lowest BCUT2D eigenvalue weighted by Gasteiger charge is -2.34. The molecule has 2 saturated heterocycles. The molecule has 0 aromatic carbocycles. The van der Waals surface area contributed by atoms with Crippen LogP contribution in [0.5, 0.6) is 0 Å². The minimum atomic E-state index is -0.183. The van der Waals surface area contributed by atoms with E-state index in [0.29, 0.717) is 24.5 Å². The number of aromatic nitrogens is 3. The highest BCUT2D eigenvalue weighted by Gasteiger charge is 2.27. The maximum atomic E-state index is 13.1. The van der Waals surface area contributed by atoms with Gasteiger partial charge in [0.25, 0.3) is 11.5 Å². The Bertz CT molecular complexity index is 976. The number of hydrogen-bond donors (Lipinski definition) is 1. The van der Waals surface area contributed by atoms with Crippen LogP contribution < -0.4 is 15.8 Å². The summed E-state index contributed by atoms with van der Waals surface area (Å²) in [6.45, 7) is 8.43. The van der Waals surface area contributed by atoms with Gasteiger partial charge in [0.15, 0.2) is 5.69 Å². The first-order chi connectivity index (χ1) is 14.9. The SMILES string of the molecule is Cc1onc(C(=O)NC2CCCN(c3ccc(=O)n(C)n3)C2)c1CN1CCC(C)CC1. The molecule has 2 fully saturated rings. The van der Waals surface area contributed by atoms with Crippen molar-refractivity contribution >= 4 is 11.7 Å². The molecule has 9 heteroatoms. The van der Waals surface area contributed by atoms with Crippen LogP contribution in [0.25, 0.3) is 0 Å². The van der Waals surface area contributed by atoms with Crippen LogP contribution in [0.2, 0.25) is 0 Å². The topological polar surface area (TPSA) is 96.5 Å². The Labute approximate surface area is 182 Å². The van der Waals surface area contributed by atoms with Crippen molar-refractivity contribution in [2.24, 2.45) is 13.0 Å². The second-order valence-corrected chi connectivity index (χ2v) is 8.94. The van der Waals surface area contributed by atoms with Gasteiger partial charge in [0, 0.05) is 44.4 Å². The molecule has 1 unspecified atom stereocenters. The lowest BCUT2D eigenvalue weighted by Crippen LogP contribution is -2.48. The fraction of sp³-hybridized carbons (Fsp3) is 0.636. The van der Waals surface area contributed by atoms with Gasteiger partial charge in [-0.2, -0.15) is 5.10 Å². The van der Waals surface area contributed by atoms with Gasteiger partial charge >= 0.3 is 0 Å². The van der Waals surface area contributed by atoms with Gasteiger partial charge in [-0.3, -0.25) is 14.5 Å². The van der Waals surface area contributed by atoms with Crippen molar-refractivity contribution in [2.75, 3.05) is 31.1 Å². The number of anilines is 1. The Morgan fingerprint density at radius 3 is 2.74 bits per heavy atom. The lowest BCUT2D eigenvalue weighted by atomic mass is 9.98. The third kappa shape index (κ3) is 4.98. The van der Waals surface area contributed by atoms with E-state index in [1.54, 1.807) is 13.1 Å². The summed E-state index contributed by atoms with van der Waals surface area (Å²) in [5, 5.41) is 11.6. The molecule has 168 valence electrons. The van der Waals surface area contributed by atoms with E-state index in [-0.39, 0.29) is 17.5 Å². The quantitative estimate of drug-likeness (QED) is 0.774. The summed E-state index contributed by atoms with van der Waals surface area (Å²) in [6.07, 6.45) is 4.20. The Morgan fingerprint density at radius 2 is 2.00 bits per heavy atom. The van der Waals surface area contributed by atoms with Crippen molar-refractivity contribution in [3.05, 3.63) is 39.5 Å². The second-order valence-electron chi connectivity index (χ2n) is 8.94. The van der Waals surface area contributed by atoms with Crippen LogP contribution in [-0.2, 0) is 13.6 Å². The third-order valence-corrected chi connectivity index (χ3v) is 6.48. The van der Waals surface area contributed by atoms with Crippen molar-refractivity contribution < 1.29 is 9.32 Å². The largest absolute Gasteiger partial charge is 0.361 e. The van der Waals surface area contributed by atoms with Gasteiger partial charge in [0.05, 0.1) is 0 Å². The lowest BCUT2D eigenvalue weighted by molar-refractivity contribution is 0.0921. The molecule has 2 aromatic rings. The van der Waals surface area contributed by atoms with E-state index in [1.807, 2.05) is 6.92 Å². The number of carbonyl (C=O) groups is 1. The van der Waals surface area contributed by atoms with Gasteiger partial charge in [-0.1, -0.05) is 12.1 Å². The Balaban J connectivity index is 1.41. The standard InChI is InChI=1S/C22H32N6O3/c1-15-8-11-27(12-9-15)14-18-16(2)31-25-21(18)22(30)23-17-5-4-10-28(13-17)19-6-7-20(29)26(3)24-19/h6-7,15,17H,4-5,8-14H2,1-3H3,(H,23,30). The minimum Gasteiger partial charge on any atom is -0.361 e. The van der Waals surface area contributed by atoms with E-state index in [2.05, 4.69) is 32.3 Å². The minimum absolute atomic E-state index is 0.0130. The molecule has 1 amide bonds. The van der Waals surface area contributed by atoms with Crippen LogP contribution in [0.1, 0.15) is 54.4 Å². The number of nitrogens with one attached hydrogen (secondary N) is 1. The second kappa shape index (κ2) is 9.21. The van der Waals surface area contributed by atoms with Crippen LogP contribution >= 0.6 is 0 Å². The van der Waals surface area contributed by atoms with Gasteiger partial charge in [0.2, 0.25) is 0 Å². The van der Waals surface area contributed by atoms with Crippen LogP contribution in [-0.4, -0.2) is 58.0 Å². The predicted octanol–water partition coefficient (Wildman–Crippen LogP) is 1.71. The first-order valence-electron chi connectivity index (χ1n) is 11.2. The molecule has 0 aliphatic carbocycles. The predicted molar refractivity (Wildman–Crippen MR) is 117 cm³/mol. The van der Waals surface area contributed by atoms with E-state index in [4.69, 9.17) is 4.52 Å². The highest BCUT2D eigenvalue weighted by atomic mass is 16.5. The molecule has 0 spiro atoms. The third-order valence-electron chi connectivity index (χ3n) is 6.48. The maximum Gasteiger partial charge on any atom is 0.274 e. The number of piperidine rings is 2. The molecule has 0 radical (unpaired) electrons.